The first-order chi connectivity index (χ1) is 13.8. The van der Waals surface area contributed by atoms with E-state index in [4.69, 9.17) is 0 Å². The van der Waals surface area contributed by atoms with E-state index in [9.17, 15) is 22.4 Å². The lowest BCUT2D eigenvalue weighted by Crippen LogP contribution is -2.29. The van der Waals surface area contributed by atoms with Crippen LogP contribution in [0.3, 0.4) is 0 Å². The minimum atomic E-state index is -4.71. The summed E-state index contributed by atoms with van der Waals surface area (Å²) < 4.78 is 55.6. The highest BCUT2D eigenvalue weighted by atomic mass is 19.4. The van der Waals surface area contributed by atoms with Crippen molar-refractivity contribution in [1.29, 1.82) is 0 Å². The molecule has 1 saturated carbocycles. The lowest BCUT2D eigenvalue weighted by atomic mass is 10.1. The smallest absolute Gasteiger partial charge is 0.348 e. The van der Waals surface area contributed by atoms with Crippen molar-refractivity contribution in [2.75, 3.05) is 0 Å². The number of aromatic nitrogens is 3. The van der Waals surface area contributed by atoms with Gasteiger partial charge in [-0.1, -0.05) is 12.1 Å². The van der Waals surface area contributed by atoms with Gasteiger partial charge in [-0.05, 0) is 42.7 Å². The summed E-state index contributed by atoms with van der Waals surface area (Å²) in [6, 6.07) is 7.40. The van der Waals surface area contributed by atoms with Crippen LogP contribution in [-0.2, 0) is 12.7 Å². The number of nitrogens with zero attached hydrogens (tertiary/aromatic N) is 3. The third-order valence-corrected chi connectivity index (χ3v) is 4.59. The van der Waals surface area contributed by atoms with Crippen LogP contribution in [0.2, 0.25) is 0 Å². The van der Waals surface area contributed by atoms with Gasteiger partial charge in [0.25, 0.3) is 5.91 Å². The summed E-state index contributed by atoms with van der Waals surface area (Å²) in [6.45, 7) is -0.329. The highest BCUT2D eigenvalue weighted by Crippen LogP contribution is 2.37. The monoisotopic (exact) mass is 404 g/mol. The molecule has 2 heterocycles. The van der Waals surface area contributed by atoms with Crippen LogP contribution < -0.4 is 5.32 Å². The maximum atomic E-state index is 13.8. The summed E-state index contributed by atoms with van der Waals surface area (Å²) in [7, 11) is 0. The predicted molar refractivity (Wildman–Crippen MR) is 96.5 cm³/mol. The maximum absolute atomic E-state index is 13.8. The first kappa shape index (κ1) is 19.1. The molecular formula is C20H16F4N4O. The van der Waals surface area contributed by atoms with Gasteiger partial charge >= 0.3 is 6.18 Å². The lowest BCUT2D eigenvalue weighted by Gasteiger charge is -2.15. The molecule has 0 aliphatic heterocycles. The molecule has 29 heavy (non-hydrogen) atoms. The molecule has 1 aromatic carbocycles. The van der Waals surface area contributed by atoms with Gasteiger partial charge in [-0.25, -0.2) is 14.4 Å². The summed E-state index contributed by atoms with van der Waals surface area (Å²) in [6.07, 6.45) is -0.298. The summed E-state index contributed by atoms with van der Waals surface area (Å²) in [5.41, 5.74) is -0.759. The van der Waals surface area contributed by atoms with Gasteiger partial charge in [-0.3, -0.25) is 4.79 Å². The molecule has 1 aliphatic carbocycles. The summed E-state index contributed by atoms with van der Waals surface area (Å²) >= 11 is 0. The molecule has 1 N–H and O–H groups in total. The summed E-state index contributed by atoms with van der Waals surface area (Å²) in [5.74, 6) is -0.996. The summed E-state index contributed by atoms with van der Waals surface area (Å²) in [5, 5.41) is 2.74. The fraction of sp³-hybridized carbons (Fsp3) is 0.250. The van der Waals surface area contributed by atoms with E-state index in [1.54, 1.807) is 6.07 Å². The van der Waals surface area contributed by atoms with Gasteiger partial charge in [0.1, 0.15) is 23.0 Å². The van der Waals surface area contributed by atoms with E-state index in [1.807, 2.05) is 0 Å². The van der Waals surface area contributed by atoms with Crippen molar-refractivity contribution < 1.29 is 22.4 Å². The first-order valence-corrected chi connectivity index (χ1v) is 8.96. The number of carbonyl (C=O) groups excluding carboxylic acids is 1. The molecule has 0 unspecified atom stereocenters. The quantitative estimate of drug-likeness (QED) is 0.653. The van der Waals surface area contributed by atoms with Crippen LogP contribution in [0, 0.1) is 5.82 Å². The Morgan fingerprint density at radius 2 is 1.79 bits per heavy atom. The molecule has 0 atom stereocenters. The van der Waals surface area contributed by atoms with E-state index in [0.717, 1.165) is 35.6 Å². The highest BCUT2D eigenvalue weighted by molar-refractivity contribution is 6.00. The molecule has 2 aromatic heterocycles. The Morgan fingerprint density at radius 1 is 1.14 bits per heavy atom. The average molecular weight is 404 g/mol. The lowest BCUT2D eigenvalue weighted by molar-refractivity contribution is -0.143. The molecule has 0 radical (unpaired) electrons. The largest absolute Gasteiger partial charge is 0.431 e. The van der Waals surface area contributed by atoms with Crippen LogP contribution >= 0.6 is 0 Å². The molecule has 1 aliphatic rings. The van der Waals surface area contributed by atoms with Crippen LogP contribution in [0.15, 0.2) is 48.8 Å². The Bertz CT molecular complexity index is 1030. The summed E-state index contributed by atoms with van der Waals surface area (Å²) in [4.78, 5) is 20.9. The Kier molecular flexibility index (Phi) is 4.81. The van der Waals surface area contributed by atoms with Crippen LogP contribution in [0.1, 0.15) is 34.8 Å². The number of benzene rings is 1. The Balaban J connectivity index is 1.89. The van der Waals surface area contributed by atoms with Crippen LogP contribution in [0.5, 0.6) is 0 Å². The maximum Gasteiger partial charge on any atom is 0.431 e. The molecular weight excluding hydrogens is 388 g/mol. The Hall–Kier alpha value is -3.23. The van der Waals surface area contributed by atoms with Crippen LogP contribution in [0.4, 0.5) is 17.6 Å². The van der Waals surface area contributed by atoms with Crippen molar-refractivity contribution in [2.45, 2.75) is 31.6 Å². The molecule has 1 amide bonds. The average Bonchev–Trinajstić information content (AvgIpc) is 3.40. The third kappa shape index (κ3) is 4.13. The van der Waals surface area contributed by atoms with Gasteiger partial charge in [-0.2, -0.15) is 13.2 Å². The standard InChI is InChI=1S/C20H16F4N4O/c21-13-4-2-12(3-5-13)15-10-16(20(22,23)24)28(11-17-25-8-1-9-26-17)18(15)19(29)27-14-6-7-14/h1-5,8-10,14H,6-7,11H2,(H,27,29). The van der Waals surface area contributed by atoms with Gasteiger partial charge in [0.15, 0.2) is 0 Å². The van der Waals surface area contributed by atoms with Crippen molar-refractivity contribution in [3.8, 4) is 11.1 Å². The van der Waals surface area contributed by atoms with Gasteiger partial charge < -0.3 is 9.88 Å². The molecule has 3 aromatic rings. The molecule has 1 fully saturated rings. The minimum absolute atomic E-state index is 0.0470. The molecule has 150 valence electrons. The second kappa shape index (κ2) is 7.31. The molecule has 0 saturated heterocycles. The van der Waals surface area contributed by atoms with Crippen LogP contribution in [-0.4, -0.2) is 26.5 Å². The zero-order valence-corrected chi connectivity index (χ0v) is 15.1. The van der Waals surface area contributed by atoms with Crippen LogP contribution in [0.25, 0.3) is 11.1 Å². The van der Waals surface area contributed by atoms with E-state index in [2.05, 4.69) is 15.3 Å². The predicted octanol–water partition coefficient (Wildman–Crippen LogP) is 4.04. The SMILES string of the molecule is O=C(NC1CC1)c1c(-c2ccc(F)cc2)cc(C(F)(F)F)n1Cc1ncccn1. The molecule has 0 spiro atoms. The number of alkyl halides is 3. The fourth-order valence-electron chi connectivity index (χ4n) is 3.08. The van der Waals surface area contributed by atoms with Crippen molar-refractivity contribution in [3.63, 3.8) is 0 Å². The minimum Gasteiger partial charge on any atom is -0.348 e. The van der Waals surface area contributed by atoms with Crippen molar-refractivity contribution in [2.24, 2.45) is 0 Å². The topological polar surface area (TPSA) is 59.8 Å². The molecule has 5 nitrogen and oxygen atoms in total. The van der Waals surface area contributed by atoms with Gasteiger partial charge in [0.05, 0.1) is 6.54 Å². The molecule has 4 rings (SSSR count). The number of hydrogen-bond acceptors (Lipinski definition) is 3. The van der Waals surface area contributed by atoms with Crippen molar-refractivity contribution in [3.05, 3.63) is 71.8 Å². The Morgan fingerprint density at radius 3 is 2.38 bits per heavy atom. The zero-order valence-electron chi connectivity index (χ0n) is 15.1. The third-order valence-electron chi connectivity index (χ3n) is 4.59. The number of hydrogen-bond donors (Lipinski definition) is 1. The van der Waals surface area contributed by atoms with E-state index >= 15 is 0 Å². The van der Waals surface area contributed by atoms with Gasteiger partial charge in [0, 0.05) is 24.0 Å². The number of halogens is 4. The van der Waals surface area contributed by atoms with E-state index < -0.39 is 23.6 Å². The second-order valence-electron chi connectivity index (χ2n) is 6.80. The number of amides is 1. The first-order valence-electron chi connectivity index (χ1n) is 8.96. The number of nitrogens with one attached hydrogen (secondary N) is 1. The highest BCUT2D eigenvalue weighted by Gasteiger charge is 2.39. The fourth-order valence-corrected chi connectivity index (χ4v) is 3.08. The molecule has 9 heteroatoms. The number of carbonyl (C=O) groups is 1. The van der Waals surface area contributed by atoms with Crippen molar-refractivity contribution in [1.82, 2.24) is 19.9 Å². The van der Waals surface area contributed by atoms with Gasteiger partial charge in [-0.15, -0.1) is 0 Å². The van der Waals surface area contributed by atoms with E-state index in [-0.39, 0.29) is 29.7 Å². The van der Waals surface area contributed by atoms with Crippen molar-refractivity contribution >= 4 is 5.91 Å². The van der Waals surface area contributed by atoms with E-state index in [0.29, 0.717) is 5.56 Å². The second-order valence-corrected chi connectivity index (χ2v) is 6.80. The van der Waals surface area contributed by atoms with Gasteiger partial charge in [0.2, 0.25) is 0 Å². The normalized spacial score (nSPS) is 14.1. The number of rotatable bonds is 5. The van der Waals surface area contributed by atoms with E-state index in [1.165, 1.54) is 24.5 Å². The zero-order chi connectivity index (χ0) is 20.6. The Labute approximate surface area is 163 Å². The molecule has 0 bridgehead atoms.